The number of amides is 1. The molecule has 1 amide bonds. The Morgan fingerprint density at radius 2 is 1.79 bits per heavy atom. The molecule has 0 aliphatic carbocycles. The Bertz CT molecular complexity index is 1350. The minimum atomic E-state index is -4.20. The number of nitrogens with one attached hydrogen (secondary N) is 1. The lowest BCUT2D eigenvalue weighted by Crippen LogP contribution is -2.38. The Balaban J connectivity index is 1.99. The topological polar surface area (TPSA) is 99.5 Å². The minimum Gasteiger partial charge on any atom is -0.495 e. The number of hydrogen-bond donors (Lipinski definition) is 1. The van der Waals surface area contributed by atoms with Gasteiger partial charge in [-0.2, -0.15) is 5.26 Å². The smallest absolute Gasteiger partial charge is 0.268 e. The summed E-state index contributed by atoms with van der Waals surface area (Å²) in [5.74, 6) is -0.373. The van der Waals surface area contributed by atoms with Crippen molar-refractivity contribution in [3.8, 4) is 11.8 Å². The van der Waals surface area contributed by atoms with Crippen molar-refractivity contribution < 1.29 is 17.9 Å². The highest BCUT2D eigenvalue weighted by atomic mass is 35.5. The fourth-order valence-corrected chi connectivity index (χ4v) is 5.12. The van der Waals surface area contributed by atoms with Crippen LogP contribution in [-0.2, 0) is 21.2 Å². The summed E-state index contributed by atoms with van der Waals surface area (Å²) < 4.78 is 33.8. The highest BCUT2D eigenvalue weighted by Gasteiger charge is 2.30. The number of methoxy groups -OCH3 is 1. The summed E-state index contributed by atoms with van der Waals surface area (Å²) in [7, 11) is -2.81. The van der Waals surface area contributed by atoms with Crippen molar-refractivity contribution in [3.05, 3.63) is 82.4 Å². The molecule has 0 aromatic heterocycles. The average molecular weight is 498 g/mol. The quantitative estimate of drug-likeness (QED) is 0.478. The van der Waals surface area contributed by atoms with Crippen molar-refractivity contribution in [2.45, 2.75) is 25.2 Å². The van der Waals surface area contributed by atoms with E-state index in [9.17, 15) is 13.2 Å². The van der Waals surface area contributed by atoms with Crippen molar-refractivity contribution >= 4 is 38.9 Å². The van der Waals surface area contributed by atoms with Gasteiger partial charge in [-0.15, -0.1) is 0 Å². The number of carbonyl (C=O) groups excluding carboxylic acids is 1. The third kappa shape index (κ3) is 5.68. The van der Waals surface area contributed by atoms with E-state index in [1.54, 1.807) is 62.4 Å². The number of nitrogens with zero attached hydrogens (tertiary/aromatic N) is 2. The number of halogens is 1. The summed E-state index contributed by atoms with van der Waals surface area (Å²) in [6.07, 6.45) is 0.257. The van der Waals surface area contributed by atoms with Gasteiger partial charge in [-0.25, -0.2) is 8.42 Å². The molecule has 0 aliphatic heterocycles. The van der Waals surface area contributed by atoms with Crippen LogP contribution in [0.4, 0.5) is 11.4 Å². The molecule has 3 rings (SSSR count). The van der Waals surface area contributed by atoms with E-state index < -0.39 is 22.5 Å². The molecular weight excluding hydrogens is 474 g/mol. The Morgan fingerprint density at radius 3 is 2.41 bits per heavy atom. The van der Waals surface area contributed by atoms with E-state index in [2.05, 4.69) is 11.4 Å². The van der Waals surface area contributed by atoms with Crippen molar-refractivity contribution in [3.63, 3.8) is 0 Å². The monoisotopic (exact) mass is 497 g/mol. The molecule has 0 heterocycles. The molecule has 9 heteroatoms. The molecule has 0 spiro atoms. The molecule has 0 saturated heterocycles. The Hall–Kier alpha value is -3.54. The second-order valence-corrected chi connectivity index (χ2v) is 9.92. The van der Waals surface area contributed by atoms with Gasteiger partial charge in [0.1, 0.15) is 17.2 Å². The molecule has 176 valence electrons. The fourth-order valence-electron chi connectivity index (χ4n) is 3.28. The fraction of sp³-hybridized carbons (Fsp3) is 0.200. The van der Waals surface area contributed by atoms with E-state index in [0.717, 1.165) is 21.0 Å². The van der Waals surface area contributed by atoms with Gasteiger partial charge in [-0.3, -0.25) is 9.10 Å². The van der Waals surface area contributed by atoms with Crippen molar-refractivity contribution in [1.82, 2.24) is 0 Å². The van der Waals surface area contributed by atoms with Crippen LogP contribution in [-0.4, -0.2) is 28.0 Å². The maximum atomic E-state index is 13.8. The van der Waals surface area contributed by atoms with E-state index in [4.69, 9.17) is 21.6 Å². The van der Waals surface area contributed by atoms with Crippen LogP contribution in [0.25, 0.3) is 0 Å². The van der Waals surface area contributed by atoms with E-state index in [-0.39, 0.29) is 22.8 Å². The van der Waals surface area contributed by atoms with Gasteiger partial charge in [0.15, 0.2) is 0 Å². The standard InChI is InChI=1S/C25H24ClN3O4S/c1-17-4-11-23(33-3)24(14-17)34(31,32)29(21-10-5-18(2)22(26)15-21)16-25(30)28-20-8-6-19(7-9-20)12-13-27/h4-11,14-15H,12,16H2,1-3H3,(H,28,30). The van der Waals surface area contributed by atoms with Crippen LogP contribution in [0.15, 0.2) is 65.6 Å². The summed E-state index contributed by atoms with van der Waals surface area (Å²) >= 11 is 6.27. The molecule has 0 bridgehead atoms. The SMILES string of the molecule is COc1ccc(C)cc1S(=O)(=O)N(CC(=O)Nc1ccc(CC#N)cc1)c1ccc(C)c(Cl)c1. The van der Waals surface area contributed by atoms with Crippen molar-refractivity contribution in [2.24, 2.45) is 0 Å². The Labute approximate surface area is 204 Å². The van der Waals surface area contributed by atoms with Crippen LogP contribution in [0.5, 0.6) is 5.75 Å². The van der Waals surface area contributed by atoms with Gasteiger partial charge >= 0.3 is 0 Å². The number of benzene rings is 3. The third-order valence-corrected chi connectivity index (χ3v) is 7.34. The predicted molar refractivity (Wildman–Crippen MR) is 133 cm³/mol. The number of carbonyl (C=O) groups is 1. The number of aryl methyl sites for hydroxylation is 2. The first-order chi connectivity index (χ1) is 16.1. The lowest BCUT2D eigenvalue weighted by Gasteiger charge is -2.25. The second kappa shape index (κ2) is 10.6. The van der Waals surface area contributed by atoms with Crippen molar-refractivity contribution in [2.75, 3.05) is 23.3 Å². The largest absolute Gasteiger partial charge is 0.495 e. The van der Waals surface area contributed by atoms with Gasteiger partial charge in [-0.05, 0) is 66.9 Å². The molecule has 1 N–H and O–H groups in total. The Kier molecular flexibility index (Phi) is 7.82. The first-order valence-corrected chi connectivity index (χ1v) is 12.2. The summed E-state index contributed by atoms with van der Waals surface area (Å²) in [6.45, 7) is 3.09. The first kappa shape index (κ1) is 25.1. The predicted octanol–water partition coefficient (Wildman–Crippen LogP) is 4.87. The number of sulfonamides is 1. The maximum absolute atomic E-state index is 13.8. The first-order valence-electron chi connectivity index (χ1n) is 10.3. The molecule has 0 unspecified atom stereocenters. The van der Waals surface area contributed by atoms with Gasteiger partial charge in [0, 0.05) is 10.7 Å². The maximum Gasteiger partial charge on any atom is 0.268 e. The van der Waals surface area contributed by atoms with Crippen LogP contribution >= 0.6 is 11.6 Å². The van der Waals surface area contributed by atoms with E-state index in [1.807, 2.05) is 0 Å². The third-order valence-electron chi connectivity index (χ3n) is 5.14. The second-order valence-electron chi connectivity index (χ2n) is 7.68. The van der Waals surface area contributed by atoms with Gasteiger partial charge in [0.2, 0.25) is 5.91 Å². The Morgan fingerprint density at radius 1 is 1.09 bits per heavy atom. The minimum absolute atomic E-state index is 0.0552. The van der Waals surface area contributed by atoms with E-state index in [1.165, 1.54) is 19.2 Å². The molecule has 34 heavy (non-hydrogen) atoms. The highest BCUT2D eigenvalue weighted by molar-refractivity contribution is 7.93. The highest BCUT2D eigenvalue weighted by Crippen LogP contribution is 2.32. The average Bonchev–Trinajstić information content (AvgIpc) is 2.81. The summed E-state index contributed by atoms with van der Waals surface area (Å²) in [4.78, 5) is 12.9. The van der Waals surface area contributed by atoms with Crippen LogP contribution in [0, 0.1) is 25.2 Å². The number of ether oxygens (including phenoxy) is 1. The molecule has 0 aliphatic rings. The molecule has 0 atom stereocenters. The zero-order chi connectivity index (χ0) is 24.9. The molecule has 3 aromatic carbocycles. The lowest BCUT2D eigenvalue weighted by molar-refractivity contribution is -0.114. The summed E-state index contributed by atoms with van der Waals surface area (Å²) in [6, 6.07) is 18.5. The molecule has 0 fully saturated rings. The van der Waals surface area contributed by atoms with Crippen molar-refractivity contribution in [1.29, 1.82) is 5.26 Å². The summed E-state index contributed by atoms with van der Waals surface area (Å²) in [5, 5.41) is 11.9. The molecule has 0 saturated carbocycles. The zero-order valence-corrected chi connectivity index (χ0v) is 20.6. The molecular formula is C25H24ClN3O4S. The van der Waals surface area contributed by atoms with Gasteiger partial charge in [0.25, 0.3) is 10.0 Å². The van der Waals surface area contributed by atoms with Gasteiger partial charge in [-0.1, -0.05) is 35.9 Å². The van der Waals surface area contributed by atoms with Gasteiger partial charge < -0.3 is 10.1 Å². The lowest BCUT2D eigenvalue weighted by atomic mass is 10.1. The number of hydrogen-bond acceptors (Lipinski definition) is 5. The van der Waals surface area contributed by atoms with Crippen LogP contribution in [0.1, 0.15) is 16.7 Å². The van der Waals surface area contributed by atoms with Gasteiger partial charge in [0.05, 0.1) is 25.3 Å². The van der Waals surface area contributed by atoms with Crippen LogP contribution < -0.4 is 14.4 Å². The van der Waals surface area contributed by atoms with Crippen LogP contribution in [0.3, 0.4) is 0 Å². The zero-order valence-electron chi connectivity index (χ0n) is 19.0. The normalized spacial score (nSPS) is 10.9. The van der Waals surface area contributed by atoms with E-state index in [0.29, 0.717) is 10.7 Å². The number of rotatable bonds is 8. The number of nitriles is 1. The molecule has 3 aromatic rings. The van der Waals surface area contributed by atoms with Crippen LogP contribution in [0.2, 0.25) is 5.02 Å². The molecule has 7 nitrogen and oxygen atoms in total. The molecule has 0 radical (unpaired) electrons. The number of anilines is 2. The van der Waals surface area contributed by atoms with E-state index >= 15 is 0 Å². The summed E-state index contributed by atoms with van der Waals surface area (Å²) in [5.41, 5.74) is 3.05.